The van der Waals surface area contributed by atoms with Crippen LogP contribution in [0.3, 0.4) is 0 Å². The number of pyridine rings is 1. The van der Waals surface area contributed by atoms with Crippen LogP contribution in [0.5, 0.6) is 0 Å². The van der Waals surface area contributed by atoms with E-state index in [4.69, 9.17) is 15.7 Å². The quantitative estimate of drug-likeness (QED) is 0.884. The molecular weight excluding hydrogens is 328 g/mol. The van der Waals surface area contributed by atoms with E-state index in [2.05, 4.69) is 14.8 Å². The molecule has 0 aromatic carbocycles. The Hall–Kier alpha value is -2.54. The summed E-state index contributed by atoms with van der Waals surface area (Å²) in [5, 5.41) is 0. The first-order valence-corrected chi connectivity index (χ1v) is 9.22. The molecule has 26 heavy (non-hydrogen) atoms. The molecule has 0 bridgehead atoms. The zero-order valence-corrected chi connectivity index (χ0v) is 15.1. The minimum atomic E-state index is -0.263. The molecule has 1 unspecified atom stereocenters. The van der Waals surface area contributed by atoms with Crippen LogP contribution in [0.15, 0.2) is 24.5 Å². The van der Waals surface area contributed by atoms with Crippen molar-refractivity contribution in [3.05, 3.63) is 35.8 Å². The van der Waals surface area contributed by atoms with Gasteiger partial charge in [0.1, 0.15) is 5.82 Å². The number of carbonyl (C=O) groups excluding carboxylic acids is 1. The van der Waals surface area contributed by atoms with Crippen molar-refractivity contribution >= 4 is 11.7 Å². The molecule has 1 fully saturated rings. The number of rotatable bonds is 4. The van der Waals surface area contributed by atoms with Crippen molar-refractivity contribution in [1.82, 2.24) is 19.9 Å². The van der Waals surface area contributed by atoms with Crippen LogP contribution in [0.4, 0.5) is 5.82 Å². The first kappa shape index (κ1) is 16.9. The van der Waals surface area contributed by atoms with Gasteiger partial charge < -0.3 is 10.6 Å². The first-order chi connectivity index (χ1) is 12.6. The number of amides is 1. The van der Waals surface area contributed by atoms with Crippen LogP contribution in [0.25, 0.3) is 11.4 Å². The summed E-state index contributed by atoms with van der Waals surface area (Å²) in [4.78, 5) is 29.7. The van der Waals surface area contributed by atoms with Gasteiger partial charge in [-0.15, -0.1) is 0 Å². The summed E-state index contributed by atoms with van der Waals surface area (Å²) in [6.45, 7) is 5.19. The fourth-order valence-electron chi connectivity index (χ4n) is 3.81. The molecule has 2 aromatic heterocycles. The van der Waals surface area contributed by atoms with Gasteiger partial charge >= 0.3 is 0 Å². The molecule has 1 atom stereocenters. The van der Waals surface area contributed by atoms with Crippen LogP contribution in [-0.4, -0.2) is 58.0 Å². The Morgan fingerprint density at radius 1 is 1.12 bits per heavy atom. The van der Waals surface area contributed by atoms with Crippen molar-refractivity contribution < 1.29 is 4.79 Å². The number of anilines is 1. The zero-order valence-electron chi connectivity index (χ0n) is 15.1. The molecule has 136 valence electrons. The Morgan fingerprint density at radius 3 is 2.54 bits per heavy atom. The normalized spacial score (nSPS) is 18.6. The molecule has 1 saturated heterocycles. The summed E-state index contributed by atoms with van der Waals surface area (Å²) in [7, 11) is 0. The fraction of sp³-hybridized carbons (Fsp3) is 0.474. The average Bonchev–Trinajstić information content (AvgIpc) is 3.16. The summed E-state index contributed by atoms with van der Waals surface area (Å²) in [6, 6.07) is 3.68. The minimum Gasteiger partial charge on any atom is -0.368 e. The van der Waals surface area contributed by atoms with Crippen molar-refractivity contribution in [3.8, 4) is 11.4 Å². The number of nitrogens with two attached hydrogens (primary N) is 1. The number of carbonyl (C=O) groups is 1. The number of fused-ring (bicyclic) bond motifs is 1. The van der Waals surface area contributed by atoms with Crippen molar-refractivity contribution in [2.75, 3.05) is 31.1 Å². The van der Waals surface area contributed by atoms with E-state index in [1.807, 2.05) is 19.1 Å². The van der Waals surface area contributed by atoms with Gasteiger partial charge in [0, 0.05) is 55.4 Å². The smallest absolute Gasteiger partial charge is 0.234 e. The van der Waals surface area contributed by atoms with Gasteiger partial charge in [-0.1, -0.05) is 0 Å². The summed E-state index contributed by atoms with van der Waals surface area (Å²) in [5.41, 5.74) is 8.91. The molecule has 2 aliphatic rings. The number of hydrogen-bond acceptors (Lipinski definition) is 6. The van der Waals surface area contributed by atoms with Crippen LogP contribution in [0, 0.1) is 0 Å². The van der Waals surface area contributed by atoms with Crippen LogP contribution in [-0.2, 0) is 17.6 Å². The maximum Gasteiger partial charge on any atom is 0.234 e. The van der Waals surface area contributed by atoms with Gasteiger partial charge in [0.05, 0.1) is 6.04 Å². The second-order valence-corrected chi connectivity index (χ2v) is 6.99. The van der Waals surface area contributed by atoms with E-state index in [0.717, 1.165) is 62.6 Å². The van der Waals surface area contributed by atoms with E-state index in [9.17, 15) is 4.79 Å². The lowest BCUT2D eigenvalue weighted by atomic mass is 10.1. The third-order valence-corrected chi connectivity index (χ3v) is 5.42. The molecule has 1 amide bonds. The summed E-state index contributed by atoms with van der Waals surface area (Å²) in [6.07, 6.45) is 6.74. The highest BCUT2D eigenvalue weighted by molar-refractivity contribution is 5.79. The Kier molecular flexibility index (Phi) is 4.55. The molecule has 1 aliphatic heterocycles. The number of hydrogen-bond donors (Lipinski definition) is 1. The standard InChI is InChI=1S/C19H24N6O/c1-13(17(20)26)24-9-11-25(12-10-24)19-15-3-2-4-16(15)22-18(23-19)14-5-7-21-8-6-14/h5-8,13H,2-4,9-12H2,1H3,(H2,20,26). The molecule has 1 aliphatic carbocycles. The van der Waals surface area contributed by atoms with Gasteiger partial charge in [0.25, 0.3) is 0 Å². The topological polar surface area (TPSA) is 88.2 Å². The maximum absolute atomic E-state index is 11.4. The summed E-state index contributed by atoms with van der Waals surface area (Å²) in [5.74, 6) is 1.57. The van der Waals surface area contributed by atoms with Crippen molar-refractivity contribution in [3.63, 3.8) is 0 Å². The highest BCUT2D eigenvalue weighted by Gasteiger charge is 2.28. The molecule has 0 saturated carbocycles. The molecule has 2 N–H and O–H groups in total. The van der Waals surface area contributed by atoms with E-state index < -0.39 is 0 Å². The lowest BCUT2D eigenvalue weighted by Crippen LogP contribution is -2.53. The molecule has 7 nitrogen and oxygen atoms in total. The summed E-state index contributed by atoms with van der Waals surface area (Å²) >= 11 is 0. The van der Waals surface area contributed by atoms with Gasteiger partial charge in [0.15, 0.2) is 5.82 Å². The SMILES string of the molecule is CC(C(N)=O)N1CCN(c2nc(-c3ccncc3)nc3c2CCC3)CC1. The second-order valence-electron chi connectivity index (χ2n) is 6.99. The Balaban J connectivity index is 1.61. The van der Waals surface area contributed by atoms with E-state index in [1.54, 1.807) is 12.4 Å². The second kappa shape index (κ2) is 6.99. The maximum atomic E-state index is 11.4. The van der Waals surface area contributed by atoms with Gasteiger partial charge in [-0.25, -0.2) is 9.97 Å². The number of aromatic nitrogens is 3. The Labute approximate surface area is 153 Å². The predicted octanol–water partition coefficient (Wildman–Crippen LogP) is 1.02. The van der Waals surface area contributed by atoms with E-state index in [-0.39, 0.29) is 11.9 Å². The Bertz CT molecular complexity index is 801. The molecule has 0 radical (unpaired) electrons. The zero-order chi connectivity index (χ0) is 18.1. The number of piperazine rings is 1. The van der Waals surface area contributed by atoms with Crippen molar-refractivity contribution in [2.45, 2.75) is 32.2 Å². The predicted molar refractivity (Wildman–Crippen MR) is 99.7 cm³/mol. The molecule has 0 spiro atoms. The van der Waals surface area contributed by atoms with Crippen molar-refractivity contribution in [1.29, 1.82) is 0 Å². The highest BCUT2D eigenvalue weighted by Crippen LogP contribution is 2.31. The van der Waals surface area contributed by atoms with Gasteiger partial charge in [-0.3, -0.25) is 14.7 Å². The third-order valence-electron chi connectivity index (χ3n) is 5.42. The van der Waals surface area contributed by atoms with Crippen molar-refractivity contribution in [2.24, 2.45) is 5.73 Å². The summed E-state index contributed by atoms with van der Waals surface area (Å²) < 4.78 is 0. The van der Waals surface area contributed by atoms with E-state index in [0.29, 0.717) is 0 Å². The molecular formula is C19H24N6O. The average molecular weight is 352 g/mol. The third kappa shape index (κ3) is 3.14. The van der Waals surface area contributed by atoms with Crippen LogP contribution in [0.2, 0.25) is 0 Å². The van der Waals surface area contributed by atoms with Gasteiger partial charge in [-0.2, -0.15) is 0 Å². The van der Waals surface area contributed by atoms with E-state index >= 15 is 0 Å². The van der Waals surface area contributed by atoms with Gasteiger partial charge in [0.2, 0.25) is 5.91 Å². The number of nitrogens with zero attached hydrogens (tertiary/aromatic N) is 5. The molecule has 7 heteroatoms. The van der Waals surface area contributed by atoms with Crippen LogP contribution in [0.1, 0.15) is 24.6 Å². The van der Waals surface area contributed by atoms with Gasteiger partial charge in [-0.05, 0) is 38.3 Å². The lowest BCUT2D eigenvalue weighted by molar-refractivity contribution is -0.122. The lowest BCUT2D eigenvalue weighted by Gasteiger charge is -2.38. The molecule has 3 heterocycles. The number of primary amides is 1. The molecule has 2 aromatic rings. The van der Waals surface area contributed by atoms with Crippen LogP contribution >= 0.6 is 0 Å². The fourth-order valence-corrected chi connectivity index (χ4v) is 3.81. The monoisotopic (exact) mass is 352 g/mol. The first-order valence-electron chi connectivity index (χ1n) is 9.22. The molecule has 4 rings (SSSR count). The largest absolute Gasteiger partial charge is 0.368 e. The van der Waals surface area contributed by atoms with Crippen LogP contribution < -0.4 is 10.6 Å². The number of aryl methyl sites for hydroxylation is 1. The minimum absolute atomic E-state index is 0.222. The Morgan fingerprint density at radius 2 is 1.85 bits per heavy atom. The van der Waals surface area contributed by atoms with E-state index in [1.165, 1.54) is 11.3 Å². The highest BCUT2D eigenvalue weighted by atomic mass is 16.1.